The summed E-state index contributed by atoms with van der Waals surface area (Å²) in [7, 11) is 0. The average molecular weight is 345 g/mol. The summed E-state index contributed by atoms with van der Waals surface area (Å²) >= 11 is 0. The molecule has 4 heterocycles. The third kappa shape index (κ3) is 2.71. The van der Waals surface area contributed by atoms with Crippen molar-refractivity contribution >= 4 is 5.69 Å². The molecule has 5 rings (SSSR count). The SMILES string of the molecule is c1ccc(CN2C[C@]3(CCN(Cc4ccco4)C3)c3ncccc32)cc1. The number of hydrogen-bond acceptors (Lipinski definition) is 4. The highest BCUT2D eigenvalue weighted by molar-refractivity contribution is 5.60. The minimum Gasteiger partial charge on any atom is -0.468 e. The Morgan fingerprint density at radius 2 is 1.88 bits per heavy atom. The third-order valence-corrected chi connectivity index (χ3v) is 5.73. The van der Waals surface area contributed by atoms with Crippen molar-refractivity contribution in [2.24, 2.45) is 0 Å². The molecule has 0 aliphatic carbocycles. The van der Waals surface area contributed by atoms with Crippen molar-refractivity contribution in [2.45, 2.75) is 24.9 Å². The van der Waals surface area contributed by atoms with Gasteiger partial charge in [-0.2, -0.15) is 0 Å². The summed E-state index contributed by atoms with van der Waals surface area (Å²) in [6.07, 6.45) is 4.86. The zero-order valence-corrected chi connectivity index (χ0v) is 14.8. The zero-order chi connectivity index (χ0) is 17.4. The number of hydrogen-bond donors (Lipinski definition) is 0. The van der Waals surface area contributed by atoms with E-state index in [1.165, 1.54) is 16.9 Å². The van der Waals surface area contributed by atoms with Gasteiger partial charge in [0.1, 0.15) is 5.76 Å². The highest BCUT2D eigenvalue weighted by Crippen LogP contribution is 2.45. The first-order valence-corrected chi connectivity index (χ1v) is 9.32. The van der Waals surface area contributed by atoms with Crippen LogP contribution in [0.1, 0.15) is 23.4 Å². The maximum absolute atomic E-state index is 5.55. The lowest BCUT2D eigenvalue weighted by atomic mass is 9.85. The van der Waals surface area contributed by atoms with Crippen LogP contribution in [-0.2, 0) is 18.5 Å². The summed E-state index contributed by atoms with van der Waals surface area (Å²) in [5, 5.41) is 0. The van der Waals surface area contributed by atoms with Gasteiger partial charge in [0.25, 0.3) is 0 Å². The molecule has 2 aliphatic rings. The van der Waals surface area contributed by atoms with Crippen molar-refractivity contribution in [1.29, 1.82) is 0 Å². The molecule has 1 spiro atoms. The topological polar surface area (TPSA) is 32.5 Å². The average Bonchev–Trinajstić information content (AvgIpc) is 3.39. The number of aromatic nitrogens is 1. The van der Waals surface area contributed by atoms with Gasteiger partial charge in [0.15, 0.2) is 0 Å². The molecule has 1 fully saturated rings. The lowest BCUT2D eigenvalue weighted by Gasteiger charge is -2.25. The fourth-order valence-corrected chi connectivity index (χ4v) is 4.57. The summed E-state index contributed by atoms with van der Waals surface area (Å²) in [5.41, 5.74) is 4.07. The van der Waals surface area contributed by atoms with Crippen LogP contribution < -0.4 is 4.90 Å². The molecule has 26 heavy (non-hydrogen) atoms. The smallest absolute Gasteiger partial charge is 0.117 e. The monoisotopic (exact) mass is 345 g/mol. The molecular formula is C22H23N3O. The highest BCUT2D eigenvalue weighted by atomic mass is 16.3. The van der Waals surface area contributed by atoms with Crippen molar-refractivity contribution < 1.29 is 4.42 Å². The first-order chi connectivity index (χ1) is 12.8. The second-order valence-corrected chi connectivity index (χ2v) is 7.53. The Morgan fingerprint density at radius 3 is 2.73 bits per heavy atom. The zero-order valence-electron chi connectivity index (χ0n) is 14.8. The van der Waals surface area contributed by atoms with E-state index in [9.17, 15) is 0 Å². The number of nitrogens with zero attached hydrogens (tertiary/aromatic N) is 3. The van der Waals surface area contributed by atoms with Gasteiger partial charge in [-0.3, -0.25) is 9.88 Å². The van der Waals surface area contributed by atoms with Gasteiger partial charge in [-0.15, -0.1) is 0 Å². The van der Waals surface area contributed by atoms with Crippen molar-refractivity contribution in [3.63, 3.8) is 0 Å². The van der Waals surface area contributed by atoms with Gasteiger partial charge < -0.3 is 9.32 Å². The van der Waals surface area contributed by atoms with Gasteiger partial charge in [0, 0.05) is 31.2 Å². The third-order valence-electron chi connectivity index (χ3n) is 5.73. The normalized spacial score (nSPS) is 22.2. The molecule has 132 valence electrons. The molecule has 2 aromatic heterocycles. The Bertz CT molecular complexity index is 877. The van der Waals surface area contributed by atoms with E-state index in [-0.39, 0.29) is 5.41 Å². The van der Waals surface area contributed by atoms with Crippen molar-refractivity contribution in [1.82, 2.24) is 9.88 Å². The number of rotatable bonds is 4. The van der Waals surface area contributed by atoms with E-state index in [4.69, 9.17) is 9.40 Å². The minimum atomic E-state index is 0.137. The Balaban J connectivity index is 1.40. The van der Waals surface area contributed by atoms with Gasteiger partial charge in [-0.05, 0) is 42.8 Å². The number of pyridine rings is 1. The quantitative estimate of drug-likeness (QED) is 0.719. The molecule has 0 unspecified atom stereocenters. The molecule has 4 nitrogen and oxygen atoms in total. The maximum atomic E-state index is 5.55. The number of benzene rings is 1. The fourth-order valence-electron chi connectivity index (χ4n) is 4.57. The Labute approximate surface area is 154 Å². The second-order valence-electron chi connectivity index (χ2n) is 7.53. The van der Waals surface area contributed by atoms with Gasteiger partial charge in [-0.25, -0.2) is 0 Å². The molecule has 0 amide bonds. The van der Waals surface area contributed by atoms with Crippen LogP contribution in [0.2, 0.25) is 0 Å². The van der Waals surface area contributed by atoms with Gasteiger partial charge >= 0.3 is 0 Å². The van der Waals surface area contributed by atoms with Crippen LogP contribution in [-0.4, -0.2) is 29.5 Å². The first-order valence-electron chi connectivity index (χ1n) is 9.32. The predicted octanol–water partition coefficient (Wildman–Crippen LogP) is 3.84. The molecule has 4 heteroatoms. The fraction of sp³-hybridized carbons (Fsp3) is 0.318. The van der Waals surface area contributed by atoms with Crippen LogP contribution in [0.15, 0.2) is 71.5 Å². The predicted molar refractivity (Wildman–Crippen MR) is 102 cm³/mol. The molecular weight excluding hydrogens is 322 g/mol. The molecule has 0 radical (unpaired) electrons. The van der Waals surface area contributed by atoms with Gasteiger partial charge in [0.05, 0.1) is 24.2 Å². The van der Waals surface area contributed by atoms with Crippen LogP contribution in [0.5, 0.6) is 0 Å². The largest absolute Gasteiger partial charge is 0.468 e. The van der Waals surface area contributed by atoms with E-state index < -0.39 is 0 Å². The van der Waals surface area contributed by atoms with E-state index in [1.54, 1.807) is 6.26 Å². The maximum Gasteiger partial charge on any atom is 0.117 e. The molecule has 2 aliphatic heterocycles. The van der Waals surface area contributed by atoms with Crippen molar-refractivity contribution in [3.05, 3.63) is 84.1 Å². The summed E-state index contributed by atoms with van der Waals surface area (Å²) in [6, 6.07) is 19.0. The van der Waals surface area contributed by atoms with Crippen LogP contribution in [0.25, 0.3) is 0 Å². The van der Waals surface area contributed by atoms with E-state index in [0.29, 0.717) is 0 Å². The van der Waals surface area contributed by atoms with Crippen molar-refractivity contribution in [2.75, 3.05) is 24.5 Å². The molecule has 0 N–H and O–H groups in total. The van der Waals surface area contributed by atoms with Crippen LogP contribution in [0.3, 0.4) is 0 Å². The molecule has 1 saturated heterocycles. The Hall–Kier alpha value is -2.59. The summed E-state index contributed by atoms with van der Waals surface area (Å²) in [5.74, 6) is 1.04. The molecule has 0 saturated carbocycles. The van der Waals surface area contributed by atoms with Crippen LogP contribution in [0.4, 0.5) is 5.69 Å². The van der Waals surface area contributed by atoms with Crippen LogP contribution in [0, 0.1) is 0 Å². The minimum absolute atomic E-state index is 0.137. The summed E-state index contributed by atoms with van der Waals surface area (Å²) in [6.45, 7) is 5.01. The van der Waals surface area contributed by atoms with Crippen LogP contribution >= 0.6 is 0 Å². The molecule has 3 aromatic rings. The van der Waals surface area contributed by atoms with E-state index >= 15 is 0 Å². The van der Waals surface area contributed by atoms with E-state index in [1.807, 2.05) is 12.3 Å². The second kappa shape index (κ2) is 6.29. The summed E-state index contributed by atoms with van der Waals surface area (Å²) in [4.78, 5) is 9.84. The van der Waals surface area contributed by atoms with Crippen molar-refractivity contribution in [3.8, 4) is 0 Å². The first kappa shape index (κ1) is 15.6. The van der Waals surface area contributed by atoms with Gasteiger partial charge in [-0.1, -0.05) is 30.3 Å². The molecule has 1 aromatic carbocycles. The summed E-state index contributed by atoms with van der Waals surface area (Å²) < 4.78 is 5.55. The molecule has 0 bridgehead atoms. The lowest BCUT2D eigenvalue weighted by molar-refractivity contribution is 0.278. The number of anilines is 1. The Morgan fingerprint density at radius 1 is 0.962 bits per heavy atom. The lowest BCUT2D eigenvalue weighted by Crippen LogP contribution is -2.36. The number of likely N-dealkylation sites (tertiary alicyclic amines) is 1. The number of furan rings is 1. The Kier molecular flexibility index (Phi) is 3.79. The number of fused-ring (bicyclic) bond motifs is 2. The standard InChI is InChI=1S/C22H23N3O/c1-2-6-18(7-3-1)14-25-17-22(21-20(25)9-4-11-23-21)10-12-24(16-22)15-19-8-5-13-26-19/h1-9,11,13H,10,12,14-17H2/t22-/m1/s1. The molecule has 1 atom stereocenters. The highest BCUT2D eigenvalue weighted by Gasteiger charge is 2.48. The van der Waals surface area contributed by atoms with E-state index in [2.05, 4.69) is 58.3 Å². The van der Waals surface area contributed by atoms with Gasteiger partial charge in [0.2, 0.25) is 0 Å². The van der Waals surface area contributed by atoms with E-state index in [0.717, 1.165) is 44.9 Å².